The van der Waals surface area contributed by atoms with Crippen molar-refractivity contribution in [3.8, 4) is 39.9 Å². The summed E-state index contributed by atoms with van der Waals surface area (Å²) in [5.41, 5.74) is 8.99. The van der Waals surface area contributed by atoms with Crippen LogP contribution in [0.25, 0.3) is 34.2 Å². The molecule has 0 radical (unpaired) electrons. The Kier molecular flexibility index (Phi) is 5.32. The molecule has 0 unspecified atom stereocenters. The summed E-state index contributed by atoms with van der Waals surface area (Å²) >= 11 is 0. The second kappa shape index (κ2) is 7.95. The molecule has 0 saturated carbocycles. The van der Waals surface area contributed by atoms with Gasteiger partial charge in [-0.15, -0.1) is 0 Å². The highest BCUT2D eigenvalue weighted by Crippen LogP contribution is 2.34. The third kappa shape index (κ3) is 3.93. The second-order valence-electron chi connectivity index (χ2n) is 8.35. The summed E-state index contributed by atoms with van der Waals surface area (Å²) in [7, 11) is 0. The van der Waals surface area contributed by atoms with Gasteiger partial charge in [0.2, 0.25) is 0 Å². The molecule has 0 aliphatic heterocycles. The van der Waals surface area contributed by atoms with Gasteiger partial charge in [0.05, 0.1) is 5.56 Å². The van der Waals surface area contributed by atoms with E-state index in [0.29, 0.717) is 23.0 Å². The third-order valence-corrected chi connectivity index (χ3v) is 5.82. The molecular weight excluding hydrogens is 382 g/mol. The molecular formula is C27H27N3O. The fourth-order valence-electron chi connectivity index (χ4n) is 3.85. The first-order chi connectivity index (χ1) is 14.7. The minimum atomic E-state index is 0.212. The lowest BCUT2D eigenvalue weighted by Crippen LogP contribution is -2.02. The van der Waals surface area contributed by atoms with Gasteiger partial charge in [0.1, 0.15) is 5.75 Å². The predicted molar refractivity (Wildman–Crippen MR) is 126 cm³/mol. The van der Waals surface area contributed by atoms with Gasteiger partial charge in [-0.3, -0.25) is 0 Å². The van der Waals surface area contributed by atoms with E-state index in [-0.39, 0.29) is 5.75 Å². The zero-order valence-corrected chi connectivity index (χ0v) is 18.9. The van der Waals surface area contributed by atoms with Crippen LogP contribution in [0.4, 0.5) is 0 Å². The Labute approximate surface area is 183 Å². The predicted octanol–water partition coefficient (Wildman–Crippen LogP) is 6.43. The lowest BCUT2D eigenvalue weighted by atomic mass is 10.0. The molecule has 3 aromatic carbocycles. The molecule has 0 aliphatic carbocycles. The number of aromatic nitrogens is 3. The monoisotopic (exact) mass is 409 g/mol. The summed E-state index contributed by atoms with van der Waals surface area (Å²) in [4.78, 5) is 14.4. The standard InChI is InChI=1S/C27H27N3O/c1-15-7-10-21(18(4)13-15)25-28-26(22-11-8-16(2)14-19(22)5)30-27(29-25)23-12-9-17(3)20(6)24(23)31/h7-14,31H,1-6H3. The summed E-state index contributed by atoms with van der Waals surface area (Å²) in [6.45, 7) is 12.2. The van der Waals surface area contributed by atoms with E-state index in [1.165, 1.54) is 11.1 Å². The van der Waals surface area contributed by atoms with Crippen molar-refractivity contribution in [1.29, 1.82) is 0 Å². The molecule has 0 aliphatic rings. The van der Waals surface area contributed by atoms with Gasteiger partial charge < -0.3 is 5.11 Å². The molecule has 1 heterocycles. The molecule has 0 spiro atoms. The molecule has 31 heavy (non-hydrogen) atoms. The molecule has 4 rings (SSSR count). The van der Waals surface area contributed by atoms with E-state index >= 15 is 0 Å². The zero-order chi connectivity index (χ0) is 22.3. The van der Waals surface area contributed by atoms with Crippen molar-refractivity contribution in [1.82, 2.24) is 15.0 Å². The smallest absolute Gasteiger partial charge is 0.167 e. The molecule has 1 aromatic heterocycles. The minimum Gasteiger partial charge on any atom is -0.507 e. The fraction of sp³-hybridized carbons (Fsp3) is 0.222. The number of benzene rings is 3. The maximum absolute atomic E-state index is 10.8. The number of aromatic hydroxyl groups is 1. The maximum Gasteiger partial charge on any atom is 0.167 e. The van der Waals surface area contributed by atoms with Gasteiger partial charge in [-0.05, 0) is 69.9 Å². The van der Waals surface area contributed by atoms with Crippen molar-refractivity contribution >= 4 is 0 Å². The molecule has 4 nitrogen and oxygen atoms in total. The minimum absolute atomic E-state index is 0.212. The highest BCUT2D eigenvalue weighted by molar-refractivity contribution is 5.73. The van der Waals surface area contributed by atoms with E-state index in [2.05, 4.69) is 64.1 Å². The Bertz CT molecular complexity index is 1240. The SMILES string of the molecule is Cc1ccc(-c2nc(-c3ccc(C)cc3C)nc(-c3ccc(C)c(C)c3O)n2)c(C)c1. The van der Waals surface area contributed by atoms with E-state index in [0.717, 1.165) is 33.4 Å². The lowest BCUT2D eigenvalue weighted by Gasteiger charge is -2.13. The van der Waals surface area contributed by atoms with Gasteiger partial charge in [-0.25, -0.2) is 15.0 Å². The van der Waals surface area contributed by atoms with E-state index in [1.54, 1.807) is 0 Å². The largest absolute Gasteiger partial charge is 0.507 e. The summed E-state index contributed by atoms with van der Waals surface area (Å²) in [5.74, 6) is 1.90. The Balaban J connectivity index is 2.00. The van der Waals surface area contributed by atoms with Crippen LogP contribution in [0, 0.1) is 41.5 Å². The average molecular weight is 410 g/mol. The number of aryl methyl sites for hydroxylation is 5. The Morgan fingerprint density at radius 1 is 0.516 bits per heavy atom. The Morgan fingerprint density at radius 3 is 1.39 bits per heavy atom. The van der Waals surface area contributed by atoms with Crippen LogP contribution in [-0.2, 0) is 0 Å². The molecule has 0 amide bonds. The van der Waals surface area contributed by atoms with E-state index in [4.69, 9.17) is 15.0 Å². The van der Waals surface area contributed by atoms with Gasteiger partial charge in [0.15, 0.2) is 17.5 Å². The van der Waals surface area contributed by atoms with Crippen molar-refractivity contribution in [3.05, 3.63) is 81.9 Å². The van der Waals surface area contributed by atoms with Crippen LogP contribution in [0.2, 0.25) is 0 Å². The molecule has 0 atom stereocenters. The number of phenolic OH excluding ortho intramolecular Hbond substituents is 1. The fourth-order valence-corrected chi connectivity index (χ4v) is 3.85. The van der Waals surface area contributed by atoms with Crippen molar-refractivity contribution in [2.45, 2.75) is 41.5 Å². The van der Waals surface area contributed by atoms with E-state index in [1.807, 2.05) is 26.0 Å². The highest BCUT2D eigenvalue weighted by atomic mass is 16.3. The Hall–Kier alpha value is -3.53. The van der Waals surface area contributed by atoms with Crippen LogP contribution in [0.15, 0.2) is 48.5 Å². The second-order valence-corrected chi connectivity index (χ2v) is 8.35. The van der Waals surface area contributed by atoms with Crippen LogP contribution >= 0.6 is 0 Å². The molecule has 0 fully saturated rings. The summed E-state index contributed by atoms with van der Waals surface area (Å²) in [6, 6.07) is 16.4. The maximum atomic E-state index is 10.8. The summed E-state index contributed by atoms with van der Waals surface area (Å²) < 4.78 is 0. The normalized spacial score (nSPS) is 11.0. The number of phenols is 1. The van der Waals surface area contributed by atoms with Gasteiger partial charge in [0.25, 0.3) is 0 Å². The summed E-state index contributed by atoms with van der Waals surface area (Å²) in [5, 5.41) is 10.8. The van der Waals surface area contributed by atoms with Gasteiger partial charge in [-0.2, -0.15) is 0 Å². The van der Waals surface area contributed by atoms with E-state index < -0.39 is 0 Å². The van der Waals surface area contributed by atoms with Crippen molar-refractivity contribution in [2.75, 3.05) is 0 Å². The number of hydrogen-bond acceptors (Lipinski definition) is 4. The average Bonchev–Trinajstić information content (AvgIpc) is 2.72. The van der Waals surface area contributed by atoms with Crippen LogP contribution < -0.4 is 0 Å². The van der Waals surface area contributed by atoms with Crippen molar-refractivity contribution in [2.24, 2.45) is 0 Å². The lowest BCUT2D eigenvalue weighted by molar-refractivity contribution is 0.472. The number of hydrogen-bond donors (Lipinski definition) is 1. The van der Waals surface area contributed by atoms with Crippen LogP contribution in [0.5, 0.6) is 5.75 Å². The van der Waals surface area contributed by atoms with Crippen LogP contribution in [0.1, 0.15) is 33.4 Å². The molecule has 1 N–H and O–H groups in total. The third-order valence-electron chi connectivity index (χ3n) is 5.82. The van der Waals surface area contributed by atoms with Crippen LogP contribution in [0.3, 0.4) is 0 Å². The van der Waals surface area contributed by atoms with Crippen molar-refractivity contribution < 1.29 is 5.11 Å². The molecule has 0 saturated heterocycles. The first kappa shape index (κ1) is 20.7. The molecule has 4 heteroatoms. The first-order valence-electron chi connectivity index (χ1n) is 10.5. The number of rotatable bonds is 3. The van der Waals surface area contributed by atoms with Crippen molar-refractivity contribution in [3.63, 3.8) is 0 Å². The van der Waals surface area contributed by atoms with Gasteiger partial charge in [0, 0.05) is 11.1 Å². The molecule has 0 bridgehead atoms. The quantitative estimate of drug-likeness (QED) is 0.424. The number of nitrogens with zero attached hydrogens (tertiary/aromatic N) is 3. The highest BCUT2D eigenvalue weighted by Gasteiger charge is 2.18. The molecule has 156 valence electrons. The van der Waals surface area contributed by atoms with Crippen LogP contribution in [-0.4, -0.2) is 20.1 Å². The topological polar surface area (TPSA) is 58.9 Å². The van der Waals surface area contributed by atoms with Gasteiger partial charge in [-0.1, -0.05) is 53.6 Å². The summed E-state index contributed by atoms with van der Waals surface area (Å²) in [6.07, 6.45) is 0. The van der Waals surface area contributed by atoms with Gasteiger partial charge >= 0.3 is 0 Å². The molecule has 4 aromatic rings. The zero-order valence-electron chi connectivity index (χ0n) is 18.9. The Morgan fingerprint density at radius 2 is 0.935 bits per heavy atom. The first-order valence-corrected chi connectivity index (χ1v) is 10.5. The van der Waals surface area contributed by atoms with E-state index in [9.17, 15) is 5.11 Å².